The molecule has 0 atom stereocenters. The van der Waals surface area contributed by atoms with Crippen molar-refractivity contribution in [3.8, 4) is 0 Å². The first-order chi connectivity index (χ1) is 11.8. The molecule has 0 aromatic heterocycles. The largest absolute Gasteiger partial charge is 0.444 e. The second-order valence-corrected chi connectivity index (χ2v) is 7.34. The molecule has 0 spiro atoms. The predicted octanol–water partition coefficient (Wildman–Crippen LogP) is 4.75. The van der Waals surface area contributed by atoms with Gasteiger partial charge in [0, 0.05) is 11.7 Å². The molecule has 2 aromatic carbocycles. The van der Waals surface area contributed by atoms with Gasteiger partial charge in [0.1, 0.15) is 11.4 Å². The second kappa shape index (κ2) is 6.75. The number of carbonyl (C=O) groups is 1. The zero-order valence-electron chi connectivity index (χ0n) is 14.7. The average Bonchev–Trinajstić information content (AvgIpc) is 2.91. The minimum Gasteiger partial charge on any atom is -0.444 e. The molecule has 5 heteroatoms. The molecule has 1 amide bonds. The van der Waals surface area contributed by atoms with E-state index < -0.39 is 11.7 Å². The molecule has 2 aromatic rings. The van der Waals surface area contributed by atoms with Crippen LogP contribution >= 0.6 is 0 Å². The smallest absolute Gasteiger partial charge is 0.412 e. The van der Waals surface area contributed by atoms with E-state index in [2.05, 4.69) is 22.8 Å². The lowest BCUT2D eigenvalue weighted by molar-refractivity contribution is 0.0636. The fourth-order valence-electron chi connectivity index (χ4n) is 3.02. The highest BCUT2D eigenvalue weighted by molar-refractivity contribution is 5.85. The lowest BCUT2D eigenvalue weighted by atomic mass is 10.1. The van der Waals surface area contributed by atoms with Crippen LogP contribution in [0.3, 0.4) is 0 Å². The lowest BCUT2D eigenvalue weighted by Crippen LogP contribution is -2.27. The summed E-state index contributed by atoms with van der Waals surface area (Å²) >= 11 is 0. The number of nitrogens with one attached hydrogen (secondary N) is 2. The number of hydrogen-bond acceptors (Lipinski definition) is 3. The molecule has 1 aliphatic rings. The number of amides is 1. The van der Waals surface area contributed by atoms with Crippen LogP contribution in [0.5, 0.6) is 0 Å². The Labute approximate surface area is 147 Å². The van der Waals surface area contributed by atoms with E-state index in [1.54, 1.807) is 26.8 Å². The van der Waals surface area contributed by atoms with Gasteiger partial charge in [-0.15, -0.1) is 0 Å². The normalized spacial score (nSPS) is 14.1. The maximum absolute atomic E-state index is 14.2. The van der Waals surface area contributed by atoms with Gasteiger partial charge in [-0.25, -0.2) is 9.18 Å². The zero-order valence-corrected chi connectivity index (χ0v) is 14.7. The first kappa shape index (κ1) is 17.3. The molecule has 0 saturated carbocycles. The van der Waals surface area contributed by atoms with Crippen LogP contribution in [-0.2, 0) is 17.6 Å². The Kier molecular flexibility index (Phi) is 4.66. The van der Waals surface area contributed by atoms with Crippen molar-refractivity contribution >= 4 is 17.5 Å². The Bertz CT molecular complexity index is 759. The predicted molar refractivity (Wildman–Crippen MR) is 97.5 cm³/mol. The van der Waals surface area contributed by atoms with E-state index >= 15 is 0 Å². The number of hydrogen-bond donors (Lipinski definition) is 2. The summed E-state index contributed by atoms with van der Waals surface area (Å²) in [5.74, 6) is -0.342. The van der Waals surface area contributed by atoms with Crippen molar-refractivity contribution in [3.05, 3.63) is 59.4 Å². The third kappa shape index (κ3) is 4.50. The number of benzene rings is 2. The molecule has 1 aliphatic carbocycles. The fraction of sp³-hybridized carbons (Fsp3) is 0.350. The molecule has 0 heterocycles. The summed E-state index contributed by atoms with van der Waals surface area (Å²) in [6.45, 7) is 5.38. The van der Waals surface area contributed by atoms with Crippen LogP contribution < -0.4 is 10.6 Å². The van der Waals surface area contributed by atoms with Gasteiger partial charge >= 0.3 is 6.09 Å². The van der Waals surface area contributed by atoms with Crippen molar-refractivity contribution in [3.63, 3.8) is 0 Å². The van der Waals surface area contributed by atoms with Crippen molar-refractivity contribution in [2.45, 2.75) is 45.3 Å². The highest BCUT2D eigenvalue weighted by atomic mass is 19.1. The van der Waals surface area contributed by atoms with Gasteiger partial charge in [-0.3, -0.25) is 5.32 Å². The maximum atomic E-state index is 14.2. The van der Waals surface area contributed by atoms with Crippen LogP contribution in [0.4, 0.5) is 20.6 Å². The van der Waals surface area contributed by atoms with Crippen LogP contribution in [0, 0.1) is 5.82 Å². The Hall–Kier alpha value is -2.56. The number of carbonyl (C=O) groups excluding carboxylic acids is 1. The molecule has 0 fully saturated rings. The molecule has 2 N–H and O–H groups in total. The number of halogens is 1. The lowest BCUT2D eigenvalue weighted by Gasteiger charge is -2.20. The summed E-state index contributed by atoms with van der Waals surface area (Å²) in [5.41, 5.74) is 2.88. The molecule has 0 saturated heterocycles. The highest BCUT2D eigenvalue weighted by Crippen LogP contribution is 2.27. The van der Waals surface area contributed by atoms with Gasteiger partial charge < -0.3 is 10.1 Å². The fourth-order valence-corrected chi connectivity index (χ4v) is 3.02. The van der Waals surface area contributed by atoms with Gasteiger partial charge in [0.15, 0.2) is 0 Å². The van der Waals surface area contributed by atoms with Crippen LogP contribution in [0.25, 0.3) is 0 Å². The van der Waals surface area contributed by atoms with Gasteiger partial charge in [0.05, 0.1) is 5.69 Å². The summed E-state index contributed by atoms with van der Waals surface area (Å²) in [6.07, 6.45) is 1.16. The SMILES string of the molecule is CC(C)(C)OC(=O)Nc1ccc(F)c(NC2Cc3ccccc3C2)c1. The molecule has 132 valence electrons. The van der Waals surface area contributed by atoms with Crippen LogP contribution in [0.2, 0.25) is 0 Å². The van der Waals surface area contributed by atoms with Crippen LogP contribution in [0.1, 0.15) is 31.9 Å². The average molecular weight is 342 g/mol. The van der Waals surface area contributed by atoms with Crippen molar-refractivity contribution in [1.82, 2.24) is 0 Å². The van der Waals surface area contributed by atoms with Gasteiger partial charge in [-0.05, 0) is 62.9 Å². The summed E-state index contributed by atoms with van der Waals surface area (Å²) < 4.78 is 19.4. The van der Waals surface area contributed by atoms with Crippen molar-refractivity contribution < 1.29 is 13.9 Å². The Morgan fingerprint density at radius 3 is 2.36 bits per heavy atom. The molecular formula is C20H23FN2O2. The van der Waals surface area contributed by atoms with Crippen molar-refractivity contribution in [1.29, 1.82) is 0 Å². The van der Waals surface area contributed by atoms with Crippen molar-refractivity contribution in [2.75, 3.05) is 10.6 Å². The van der Waals surface area contributed by atoms with E-state index in [9.17, 15) is 9.18 Å². The Morgan fingerprint density at radius 1 is 1.12 bits per heavy atom. The van der Waals surface area contributed by atoms with Gasteiger partial charge in [-0.1, -0.05) is 24.3 Å². The highest BCUT2D eigenvalue weighted by Gasteiger charge is 2.22. The second-order valence-electron chi connectivity index (χ2n) is 7.34. The summed E-state index contributed by atoms with van der Waals surface area (Å²) in [5, 5.41) is 5.89. The third-order valence-corrected chi connectivity index (χ3v) is 4.02. The minimum atomic E-state index is -0.583. The molecule has 3 rings (SSSR count). The monoisotopic (exact) mass is 342 g/mol. The van der Waals surface area contributed by atoms with E-state index in [1.807, 2.05) is 12.1 Å². The summed E-state index contributed by atoms with van der Waals surface area (Å²) in [6, 6.07) is 12.9. The van der Waals surface area contributed by atoms with E-state index in [0.29, 0.717) is 11.4 Å². The molecule has 4 nitrogen and oxygen atoms in total. The third-order valence-electron chi connectivity index (χ3n) is 4.02. The molecular weight excluding hydrogens is 319 g/mol. The topological polar surface area (TPSA) is 50.4 Å². The first-order valence-corrected chi connectivity index (χ1v) is 8.43. The maximum Gasteiger partial charge on any atom is 0.412 e. The van der Waals surface area contributed by atoms with E-state index in [0.717, 1.165) is 12.8 Å². The van der Waals surface area contributed by atoms with E-state index in [1.165, 1.54) is 23.3 Å². The standard InChI is InChI=1S/C20H23FN2O2/c1-20(2,3)25-19(24)23-15-8-9-17(21)18(12-15)22-16-10-13-6-4-5-7-14(13)11-16/h4-9,12,16,22H,10-11H2,1-3H3,(H,23,24). The van der Waals surface area contributed by atoms with Crippen molar-refractivity contribution in [2.24, 2.45) is 0 Å². The molecule has 0 unspecified atom stereocenters. The first-order valence-electron chi connectivity index (χ1n) is 8.43. The zero-order chi connectivity index (χ0) is 18.0. The number of rotatable bonds is 3. The van der Waals surface area contributed by atoms with E-state index in [4.69, 9.17) is 4.74 Å². The number of anilines is 2. The summed E-state index contributed by atoms with van der Waals surface area (Å²) in [4.78, 5) is 11.9. The van der Waals surface area contributed by atoms with Crippen LogP contribution in [0.15, 0.2) is 42.5 Å². The van der Waals surface area contributed by atoms with Gasteiger partial charge in [-0.2, -0.15) is 0 Å². The summed E-state index contributed by atoms with van der Waals surface area (Å²) in [7, 11) is 0. The quantitative estimate of drug-likeness (QED) is 0.846. The van der Waals surface area contributed by atoms with E-state index in [-0.39, 0.29) is 11.9 Å². The van der Waals surface area contributed by atoms with Gasteiger partial charge in [0.25, 0.3) is 0 Å². The molecule has 0 aliphatic heterocycles. The Morgan fingerprint density at radius 2 is 1.76 bits per heavy atom. The number of fused-ring (bicyclic) bond motifs is 1. The minimum absolute atomic E-state index is 0.142. The van der Waals surface area contributed by atoms with Gasteiger partial charge in [0.2, 0.25) is 0 Å². The Balaban J connectivity index is 1.67. The molecule has 0 radical (unpaired) electrons. The number of ether oxygens (including phenoxy) is 1. The van der Waals surface area contributed by atoms with Crippen LogP contribution in [-0.4, -0.2) is 17.7 Å². The molecule has 0 bridgehead atoms. The molecule has 25 heavy (non-hydrogen) atoms.